The molecule has 0 bridgehead atoms. The summed E-state index contributed by atoms with van der Waals surface area (Å²) < 4.78 is 0.917. The Hall–Kier alpha value is 0.310. The Morgan fingerprint density at radius 2 is 2.00 bits per heavy atom. The van der Waals surface area contributed by atoms with Gasteiger partial charge in [0.1, 0.15) is 0 Å². The van der Waals surface area contributed by atoms with Gasteiger partial charge in [0.15, 0.2) is 0 Å². The third-order valence-corrected chi connectivity index (χ3v) is 1.34. The Morgan fingerprint density at radius 3 is 2.00 bits per heavy atom. The molecular formula is C5H7BrS. The summed E-state index contributed by atoms with van der Waals surface area (Å²) in [6.45, 7) is 9.22. The second-order valence-electron chi connectivity index (χ2n) is 1.16. The summed E-state index contributed by atoms with van der Waals surface area (Å²) in [5.74, 6) is 0. The van der Waals surface area contributed by atoms with E-state index in [4.69, 9.17) is 0 Å². The Kier molecular flexibility index (Phi) is 3.48. The van der Waals surface area contributed by atoms with E-state index in [1.54, 1.807) is 0 Å². The molecule has 0 radical (unpaired) electrons. The van der Waals surface area contributed by atoms with E-state index < -0.39 is 0 Å². The van der Waals surface area contributed by atoms with Crippen LogP contribution in [-0.4, -0.2) is 0 Å². The van der Waals surface area contributed by atoms with Crippen molar-refractivity contribution in [2.24, 2.45) is 0 Å². The van der Waals surface area contributed by atoms with Gasteiger partial charge in [0.25, 0.3) is 0 Å². The Labute approximate surface area is 56.8 Å². The first-order valence-corrected chi connectivity index (χ1v) is 3.41. The van der Waals surface area contributed by atoms with Crippen LogP contribution in [0.15, 0.2) is 21.9 Å². The van der Waals surface area contributed by atoms with E-state index in [0.717, 1.165) is 8.72 Å². The minimum absolute atomic E-state index is 0.917. The Morgan fingerprint density at radius 1 is 1.57 bits per heavy atom. The van der Waals surface area contributed by atoms with E-state index in [1.165, 1.54) is 11.8 Å². The summed E-state index contributed by atoms with van der Waals surface area (Å²) in [7, 11) is 0. The molecule has 0 rings (SSSR count). The van der Waals surface area contributed by atoms with Gasteiger partial charge in [-0.1, -0.05) is 24.9 Å². The smallest absolute Gasteiger partial charge is 0.0476 e. The summed E-state index contributed by atoms with van der Waals surface area (Å²) in [5.41, 5.74) is 0. The van der Waals surface area contributed by atoms with Crippen LogP contribution in [0.5, 0.6) is 0 Å². The second kappa shape index (κ2) is 3.33. The molecule has 0 aliphatic carbocycles. The maximum absolute atomic E-state index is 3.67. The van der Waals surface area contributed by atoms with Crippen molar-refractivity contribution >= 4 is 27.7 Å². The van der Waals surface area contributed by atoms with Crippen LogP contribution in [0.2, 0.25) is 0 Å². The number of thioether (sulfide) groups is 1. The molecule has 0 unspecified atom stereocenters. The number of rotatable bonds is 2. The SMILES string of the molecule is C=C(C)SC(=C)Br. The van der Waals surface area contributed by atoms with Gasteiger partial charge in [-0.25, -0.2) is 0 Å². The zero-order chi connectivity index (χ0) is 5.86. The molecular weight excluding hydrogens is 172 g/mol. The molecule has 0 saturated heterocycles. The fourth-order valence-corrected chi connectivity index (χ4v) is 1.40. The molecule has 0 amide bonds. The van der Waals surface area contributed by atoms with Crippen molar-refractivity contribution in [1.82, 2.24) is 0 Å². The van der Waals surface area contributed by atoms with Crippen molar-refractivity contribution in [2.75, 3.05) is 0 Å². The molecule has 7 heavy (non-hydrogen) atoms. The van der Waals surface area contributed by atoms with Gasteiger partial charge in [-0.3, -0.25) is 0 Å². The maximum Gasteiger partial charge on any atom is 0.0476 e. The fraction of sp³-hybridized carbons (Fsp3) is 0.200. The van der Waals surface area contributed by atoms with Gasteiger partial charge in [-0.15, -0.1) is 0 Å². The van der Waals surface area contributed by atoms with E-state index in [1.807, 2.05) is 6.92 Å². The molecule has 0 saturated carbocycles. The summed E-state index contributed by atoms with van der Waals surface area (Å²) >= 11 is 4.72. The molecule has 0 N–H and O–H groups in total. The van der Waals surface area contributed by atoms with Crippen molar-refractivity contribution in [1.29, 1.82) is 0 Å². The largest absolute Gasteiger partial charge is 0.0894 e. The molecule has 0 aromatic rings. The highest BCUT2D eigenvalue weighted by Crippen LogP contribution is 2.25. The van der Waals surface area contributed by atoms with Crippen LogP contribution in [0.25, 0.3) is 0 Å². The van der Waals surface area contributed by atoms with Gasteiger partial charge in [0.05, 0.1) is 0 Å². The van der Waals surface area contributed by atoms with Crippen molar-refractivity contribution < 1.29 is 0 Å². The molecule has 0 aromatic heterocycles. The lowest BCUT2D eigenvalue weighted by Crippen LogP contribution is -1.55. The van der Waals surface area contributed by atoms with Crippen LogP contribution in [0, 0.1) is 0 Å². The topological polar surface area (TPSA) is 0 Å². The molecule has 0 aliphatic rings. The van der Waals surface area contributed by atoms with E-state index in [-0.39, 0.29) is 0 Å². The lowest BCUT2D eigenvalue weighted by atomic mass is 10.8. The van der Waals surface area contributed by atoms with E-state index in [0.29, 0.717) is 0 Å². The first-order valence-electron chi connectivity index (χ1n) is 1.80. The number of halogens is 1. The van der Waals surface area contributed by atoms with Crippen molar-refractivity contribution in [3.05, 3.63) is 21.9 Å². The quantitative estimate of drug-likeness (QED) is 0.627. The van der Waals surface area contributed by atoms with E-state index >= 15 is 0 Å². The van der Waals surface area contributed by atoms with Crippen LogP contribution >= 0.6 is 27.7 Å². The molecule has 0 spiro atoms. The molecule has 0 aliphatic heterocycles. The minimum atomic E-state index is 0.917. The number of hydrogen-bond acceptors (Lipinski definition) is 1. The van der Waals surface area contributed by atoms with Crippen molar-refractivity contribution in [2.45, 2.75) is 6.92 Å². The number of hydrogen-bond donors (Lipinski definition) is 0. The standard InChI is InChI=1S/C5H7BrS/c1-4(2)7-5(3)6/h1,3H2,2H3. The summed E-state index contributed by atoms with van der Waals surface area (Å²) in [6.07, 6.45) is 0. The molecule has 40 valence electrons. The average molecular weight is 179 g/mol. The third-order valence-electron chi connectivity index (χ3n) is 0.285. The highest BCUT2D eigenvalue weighted by molar-refractivity contribution is 9.14. The fourth-order valence-electron chi connectivity index (χ4n) is 0.189. The van der Waals surface area contributed by atoms with Gasteiger partial charge in [0.2, 0.25) is 0 Å². The first kappa shape index (κ1) is 7.31. The molecule has 0 nitrogen and oxygen atoms in total. The minimum Gasteiger partial charge on any atom is -0.0894 e. The summed E-state index contributed by atoms with van der Waals surface area (Å²) in [4.78, 5) is 1.06. The molecule has 0 atom stereocenters. The third kappa shape index (κ3) is 6.31. The van der Waals surface area contributed by atoms with Gasteiger partial charge in [0, 0.05) is 3.81 Å². The van der Waals surface area contributed by atoms with Crippen LogP contribution in [0.3, 0.4) is 0 Å². The van der Waals surface area contributed by atoms with Gasteiger partial charge in [-0.05, 0) is 27.8 Å². The van der Waals surface area contributed by atoms with Crippen LogP contribution in [-0.2, 0) is 0 Å². The number of allylic oxidation sites excluding steroid dienone is 1. The summed E-state index contributed by atoms with van der Waals surface area (Å²) in [5, 5.41) is 0. The van der Waals surface area contributed by atoms with Gasteiger partial charge < -0.3 is 0 Å². The summed E-state index contributed by atoms with van der Waals surface area (Å²) in [6, 6.07) is 0. The first-order chi connectivity index (χ1) is 3.13. The second-order valence-corrected chi connectivity index (χ2v) is 4.04. The molecule has 0 aromatic carbocycles. The Bertz CT molecular complexity index is 84.3. The van der Waals surface area contributed by atoms with Crippen LogP contribution in [0.1, 0.15) is 6.92 Å². The predicted octanol–water partition coefficient (Wildman–Crippen LogP) is 3.12. The van der Waals surface area contributed by atoms with Gasteiger partial charge in [-0.2, -0.15) is 0 Å². The molecule has 0 fully saturated rings. The highest BCUT2D eigenvalue weighted by atomic mass is 79.9. The van der Waals surface area contributed by atoms with Crippen LogP contribution in [0.4, 0.5) is 0 Å². The zero-order valence-corrected chi connectivity index (χ0v) is 6.60. The Balaban J connectivity index is 3.32. The normalized spacial score (nSPS) is 8.29. The van der Waals surface area contributed by atoms with Crippen molar-refractivity contribution in [3.8, 4) is 0 Å². The monoisotopic (exact) mass is 178 g/mol. The highest BCUT2D eigenvalue weighted by Gasteiger charge is 1.85. The molecule has 0 heterocycles. The average Bonchev–Trinajstić information content (AvgIpc) is 1.27. The molecule has 2 heteroatoms. The predicted molar refractivity (Wildman–Crippen MR) is 40.5 cm³/mol. The lowest BCUT2D eigenvalue weighted by Gasteiger charge is -1.90. The maximum atomic E-state index is 3.67. The van der Waals surface area contributed by atoms with Gasteiger partial charge >= 0.3 is 0 Å². The lowest BCUT2D eigenvalue weighted by molar-refractivity contribution is 1.74. The zero-order valence-electron chi connectivity index (χ0n) is 4.20. The van der Waals surface area contributed by atoms with Crippen molar-refractivity contribution in [3.63, 3.8) is 0 Å². The van der Waals surface area contributed by atoms with E-state index in [9.17, 15) is 0 Å². The van der Waals surface area contributed by atoms with E-state index in [2.05, 4.69) is 29.1 Å². The van der Waals surface area contributed by atoms with Crippen LogP contribution < -0.4 is 0 Å².